The number of likely N-dealkylation sites (N-methyl/N-ethyl adjacent to an activating group) is 1. The Morgan fingerprint density at radius 2 is 2.05 bits per heavy atom. The molecule has 0 aliphatic rings. The minimum atomic E-state index is -0.334. The van der Waals surface area contributed by atoms with Crippen LogP contribution < -0.4 is 20.7 Å². The van der Waals surface area contributed by atoms with Gasteiger partial charge in [0.15, 0.2) is 0 Å². The SMILES string of the molecule is C=CC(=O)Nc1cc(Nc2nccc(-n3ccc4c(C#N)cccc43)n2)c(OC)cc1NCC(C)N(C)C. The number of amides is 1. The van der Waals surface area contributed by atoms with E-state index >= 15 is 0 Å². The Labute approximate surface area is 221 Å². The molecule has 2 aromatic carbocycles. The van der Waals surface area contributed by atoms with Gasteiger partial charge in [-0.1, -0.05) is 12.6 Å². The molecule has 0 saturated carbocycles. The topological polar surface area (TPSA) is 120 Å². The van der Waals surface area contributed by atoms with Gasteiger partial charge in [0.2, 0.25) is 11.9 Å². The molecule has 0 aliphatic carbocycles. The number of nitriles is 1. The number of benzene rings is 2. The van der Waals surface area contributed by atoms with Gasteiger partial charge in [-0.25, -0.2) is 4.98 Å². The molecule has 0 spiro atoms. The standard InChI is InChI=1S/C28H30N8O2/c1-6-27(37)32-22-14-23(25(38-5)15-21(22)31-17-18(2)35(3)4)33-28-30-12-10-26(34-28)36-13-11-20-19(16-29)8-7-9-24(20)36/h6-15,18,31H,1,17H2,2-5H3,(H,32,37)(H,30,33,34). The third-order valence-electron chi connectivity index (χ3n) is 6.24. The van der Waals surface area contributed by atoms with Gasteiger partial charge in [0.1, 0.15) is 11.6 Å². The summed E-state index contributed by atoms with van der Waals surface area (Å²) < 4.78 is 7.55. The van der Waals surface area contributed by atoms with Gasteiger partial charge in [-0.3, -0.25) is 4.79 Å². The van der Waals surface area contributed by atoms with E-state index in [-0.39, 0.29) is 11.9 Å². The number of nitrogens with one attached hydrogen (secondary N) is 3. The zero-order chi connectivity index (χ0) is 27.2. The van der Waals surface area contributed by atoms with E-state index in [2.05, 4.69) is 50.4 Å². The quantitative estimate of drug-likeness (QED) is 0.266. The van der Waals surface area contributed by atoms with Crippen LogP contribution >= 0.6 is 0 Å². The molecule has 1 atom stereocenters. The van der Waals surface area contributed by atoms with Gasteiger partial charge in [-0.05, 0) is 57.4 Å². The maximum absolute atomic E-state index is 12.2. The minimum Gasteiger partial charge on any atom is -0.494 e. The van der Waals surface area contributed by atoms with Crippen molar-refractivity contribution in [2.45, 2.75) is 13.0 Å². The molecule has 194 valence electrons. The normalized spacial score (nSPS) is 11.6. The number of hydrogen-bond acceptors (Lipinski definition) is 8. The molecule has 10 heteroatoms. The lowest BCUT2D eigenvalue weighted by Gasteiger charge is -2.23. The second kappa shape index (κ2) is 11.5. The Morgan fingerprint density at radius 1 is 1.24 bits per heavy atom. The second-order valence-electron chi connectivity index (χ2n) is 8.88. The molecule has 4 rings (SSSR count). The van der Waals surface area contributed by atoms with E-state index in [1.165, 1.54) is 6.08 Å². The van der Waals surface area contributed by atoms with E-state index in [9.17, 15) is 10.1 Å². The summed E-state index contributed by atoms with van der Waals surface area (Å²) in [6, 6.07) is 15.3. The number of nitrogens with zero attached hydrogens (tertiary/aromatic N) is 5. The third kappa shape index (κ3) is 5.58. The summed E-state index contributed by atoms with van der Waals surface area (Å²) in [7, 11) is 5.59. The highest BCUT2D eigenvalue weighted by atomic mass is 16.5. The summed E-state index contributed by atoms with van der Waals surface area (Å²) in [6.45, 7) is 6.31. The maximum atomic E-state index is 12.2. The van der Waals surface area contributed by atoms with Gasteiger partial charge in [-0.2, -0.15) is 10.2 Å². The fourth-order valence-electron chi connectivity index (χ4n) is 3.85. The highest BCUT2D eigenvalue weighted by molar-refractivity contribution is 6.02. The third-order valence-corrected chi connectivity index (χ3v) is 6.24. The first-order chi connectivity index (χ1) is 18.3. The number of methoxy groups -OCH3 is 1. The predicted molar refractivity (Wildman–Crippen MR) is 150 cm³/mol. The van der Waals surface area contributed by atoms with Crippen molar-refractivity contribution in [2.24, 2.45) is 0 Å². The summed E-state index contributed by atoms with van der Waals surface area (Å²) in [4.78, 5) is 23.3. The average Bonchev–Trinajstić information content (AvgIpc) is 3.37. The van der Waals surface area contributed by atoms with Crippen LogP contribution in [0.15, 0.2) is 67.5 Å². The van der Waals surface area contributed by atoms with Crippen LogP contribution in [0.1, 0.15) is 12.5 Å². The number of carbonyl (C=O) groups is 1. The molecule has 0 saturated heterocycles. The highest BCUT2D eigenvalue weighted by Gasteiger charge is 2.15. The van der Waals surface area contributed by atoms with Gasteiger partial charge in [0.25, 0.3) is 0 Å². The molecule has 38 heavy (non-hydrogen) atoms. The van der Waals surface area contributed by atoms with E-state index in [4.69, 9.17) is 4.74 Å². The largest absolute Gasteiger partial charge is 0.494 e. The van der Waals surface area contributed by atoms with Crippen LogP contribution in [-0.4, -0.2) is 59.1 Å². The Balaban J connectivity index is 1.68. The summed E-state index contributed by atoms with van der Waals surface area (Å²) in [6.07, 6.45) is 4.74. The smallest absolute Gasteiger partial charge is 0.247 e. The zero-order valence-electron chi connectivity index (χ0n) is 21.8. The Hall–Kier alpha value is -4.88. The van der Waals surface area contributed by atoms with Crippen LogP contribution in [-0.2, 0) is 4.79 Å². The van der Waals surface area contributed by atoms with E-state index in [1.807, 2.05) is 49.1 Å². The molecule has 10 nitrogen and oxygen atoms in total. The van der Waals surface area contributed by atoms with Crippen molar-refractivity contribution in [3.63, 3.8) is 0 Å². The number of fused-ring (bicyclic) bond motifs is 1. The number of rotatable bonds is 10. The molecule has 0 radical (unpaired) electrons. The average molecular weight is 511 g/mol. The number of aromatic nitrogens is 3. The minimum absolute atomic E-state index is 0.256. The molecule has 2 heterocycles. The van der Waals surface area contributed by atoms with Crippen molar-refractivity contribution in [1.82, 2.24) is 19.4 Å². The Morgan fingerprint density at radius 3 is 2.76 bits per heavy atom. The molecule has 1 unspecified atom stereocenters. The first-order valence-electron chi connectivity index (χ1n) is 12.0. The highest BCUT2D eigenvalue weighted by Crippen LogP contribution is 2.36. The van der Waals surface area contributed by atoms with E-state index in [0.29, 0.717) is 46.7 Å². The van der Waals surface area contributed by atoms with Gasteiger partial charge < -0.3 is 30.2 Å². The second-order valence-corrected chi connectivity index (χ2v) is 8.88. The molecule has 1 amide bonds. The molecule has 0 fully saturated rings. The molecule has 0 bridgehead atoms. The summed E-state index contributed by atoms with van der Waals surface area (Å²) in [5.74, 6) is 1.17. The molecule has 3 N–H and O–H groups in total. The number of carbonyl (C=O) groups excluding carboxylic acids is 1. The van der Waals surface area contributed by atoms with Gasteiger partial charge in [0, 0.05) is 36.4 Å². The van der Waals surface area contributed by atoms with Gasteiger partial charge >= 0.3 is 0 Å². The van der Waals surface area contributed by atoms with Gasteiger partial charge in [-0.15, -0.1) is 0 Å². The summed E-state index contributed by atoms with van der Waals surface area (Å²) in [5, 5.41) is 19.7. The van der Waals surface area contributed by atoms with Crippen LogP contribution in [0.5, 0.6) is 5.75 Å². The van der Waals surface area contributed by atoms with Crippen LogP contribution in [0, 0.1) is 11.3 Å². The van der Waals surface area contributed by atoms with Gasteiger partial charge in [0.05, 0.1) is 41.3 Å². The van der Waals surface area contributed by atoms with Crippen molar-refractivity contribution in [3.8, 4) is 17.6 Å². The van der Waals surface area contributed by atoms with Crippen molar-refractivity contribution in [3.05, 3.63) is 73.1 Å². The molecule has 4 aromatic rings. The van der Waals surface area contributed by atoms with Crippen molar-refractivity contribution < 1.29 is 9.53 Å². The lowest BCUT2D eigenvalue weighted by molar-refractivity contribution is -0.111. The molecule has 0 aliphatic heterocycles. The monoisotopic (exact) mass is 510 g/mol. The van der Waals surface area contributed by atoms with E-state index < -0.39 is 0 Å². The lowest BCUT2D eigenvalue weighted by Crippen LogP contribution is -2.31. The fourth-order valence-corrected chi connectivity index (χ4v) is 3.85. The molecule has 2 aromatic heterocycles. The summed E-state index contributed by atoms with van der Waals surface area (Å²) >= 11 is 0. The van der Waals surface area contributed by atoms with Crippen LogP contribution in [0.25, 0.3) is 16.7 Å². The zero-order valence-corrected chi connectivity index (χ0v) is 21.8. The van der Waals surface area contributed by atoms with E-state index in [1.54, 1.807) is 31.5 Å². The predicted octanol–water partition coefficient (Wildman–Crippen LogP) is 4.53. The van der Waals surface area contributed by atoms with Crippen LogP contribution in [0.4, 0.5) is 23.0 Å². The summed E-state index contributed by atoms with van der Waals surface area (Å²) in [5.41, 5.74) is 3.29. The number of ether oxygens (including phenoxy) is 1. The molecular formula is C28H30N8O2. The van der Waals surface area contributed by atoms with E-state index in [0.717, 1.165) is 10.9 Å². The first kappa shape index (κ1) is 26.2. The van der Waals surface area contributed by atoms with Crippen LogP contribution in [0.3, 0.4) is 0 Å². The first-order valence-corrected chi connectivity index (χ1v) is 12.0. The maximum Gasteiger partial charge on any atom is 0.247 e. The van der Waals surface area contributed by atoms with Crippen molar-refractivity contribution >= 4 is 39.8 Å². The number of hydrogen-bond donors (Lipinski definition) is 3. The number of anilines is 4. The van der Waals surface area contributed by atoms with Crippen LogP contribution in [0.2, 0.25) is 0 Å². The fraction of sp³-hybridized carbons (Fsp3) is 0.214. The Bertz CT molecular complexity index is 1520. The molecular weight excluding hydrogens is 480 g/mol. The van der Waals surface area contributed by atoms with Crippen molar-refractivity contribution in [2.75, 3.05) is 43.7 Å². The Kier molecular flexibility index (Phi) is 7.89. The lowest BCUT2D eigenvalue weighted by atomic mass is 10.1. The van der Waals surface area contributed by atoms with Crippen molar-refractivity contribution in [1.29, 1.82) is 5.26 Å².